The molecule has 0 bridgehead atoms. The molecule has 0 spiro atoms. The molecule has 2 aromatic carbocycles. The number of aromatic nitrogens is 1. The highest BCUT2D eigenvalue weighted by Crippen LogP contribution is 2.36. The number of alkyl halides is 6. The second-order valence-electron chi connectivity index (χ2n) is 9.53. The molecule has 38 heavy (non-hydrogen) atoms. The number of fused-ring (bicyclic) bond motifs is 1. The number of carbonyl (C=O) groups excluding carboxylic acids is 2. The van der Waals surface area contributed by atoms with E-state index < -0.39 is 35.3 Å². The number of rotatable bonds is 8. The molecule has 11 heteroatoms. The minimum Gasteiger partial charge on any atom is -0.361 e. The smallest absolute Gasteiger partial charge is 0.361 e. The third-order valence-corrected chi connectivity index (χ3v) is 6.82. The number of hydrogen-bond donors (Lipinski definition) is 3. The zero-order valence-electron chi connectivity index (χ0n) is 20.3. The first-order valence-corrected chi connectivity index (χ1v) is 12.3. The molecule has 1 aromatic heterocycles. The van der Waals surface area contributed by atoms with Crippen molar-refractivity contribution in [3.05, 3.63) is 70.9 Å². The summed E-state index contributed by atoms with van der Waals surface area (Å²) in [6, 6.07) is 7.72. The van der Waals surface area contributed by atoms with Crippen molar-refractivity contribution in [3.63, 3.8) is 0 Å². The Bertz CT molecular complexity index is 1260. The molecule has 0 radical (unpaired) electrons. The van der Waals surface area contributed by atoms with E-state index >= 15 is 0 Å². The quantitative estimate of drug-likeness (QED) is 0.334. The number of H-pyrrole nitrogens is 1. The summed E-state index contributed by atoms with van der Waals surface area (Å²) in [6.07, 6.45) is -7.55. The Balaban J connectivity index is 1.55. The number of ketones is 1. The number of piperidine rings is 1. The molecule has 1 saturated heterocycles. The highest BCUT2D eigenvalue weighted by molar-refractivity contribution is 5.91. The van der Waals surface area contributed by atoms with Crippen LogP contribution in [0.3, 0.4) is 0 Å². The van der Waals surface area contributed by atoms with Gasteiger partial charge >= 0.3 is 12.4 Å². The van der Waals surface area contributed by atoms with Crippen molar-refractivity contribution in [2.75, 3.05) is 13.1 Å². The second kappa shape index (κ2) is 11.2. The standard InChI is InChI=1S/C27H27F6N3O2/c28-26(29,30)19-11-16(12-20(14-19)27(31,32)33)5-6-24(37)23(36-25(38)17-7-9-34-10-8-17)13-18-15-35-22-4-2-1-3-21(18)22/h1-4,11-12,14-15,17,23,34-35H,5-10,13H2,(H,36,38). The summed E-state index contributed by atoms with van der Waals surface area (Å²) in [6.45, 7) is 1.33. The van der Waals surface area contributed by atoms with Gasteiger partial charge in [-0.3, -0.25) is 9.59 Å². The van der Waals surface area contributed by atoms with E-state index in [-0.39, 0.29) is 42.7 Å². The summed E-state index contributed by atoms with van der Waals surface area (Å²) in [5.41, 5.74) is -1.50. The van der Waals surface area contributed by atoms with E-state index in [0.29, 0.717) is 38.1 Å². The Morgan fingerprint density at radius 2 is 1.58 bits per heavy atom. The van der Waals surface area contributed by atoms with Crippen LogP contribution in [0, 0.1) is 5.92 Å². The van der Waals surface area contributed by atoms with Crippen LogP contribution >= 0.6 is 0 Å². The molecule has 3 N–H and O–H groups in total. The van der Waals surface area contributed by atoms with Crippen molar-refractivity contribution in [2.24, 2.45) is 5.92 Å². The van der Waals surface area contributed by atoms with Crippen LogP contribution in [0.4, 0.5) is 26.3 Å². The summed E-state index contributed by atoms with van der Waals surface area (Å²) in [7, 11) is 0. The van der Waals surface area contributed by atoms with E-state index in [1.807, 2.05) is 24.3 Å². The maximum absolute atomic E-state index is 13.3. The molecule has 5 nitrogen and oxygen atoms in total. The highest BCUT2D eigenvalue weighted by Gasteiger charge is 2.37. The number of aromatic amines is 1. The molecule has 2 heterocycles. The van der Waals surface area contributed by atoms with Crippen LogP contribution in [-0.2, 0) is 34.8 Å². The third-order valence-electron chi connectivity index (χ3n) is 6.82. The second-order valence-corrected chi connectivity index (χ2v) is 9.53. The van der Waals surface area contributed by atoms with Gasteiger partial charge in [-0.2, -0.15) is 26.3 Å². The summed E-state index contributed by atoms with van der Waals surface area (Å²) < 4.78 is 79.4. The van der Waals surface area contributed by atoms with Gasteiger partial charge in [0.15, 0.2) is 5.78 Å². The van der Waals surface area contributed by atoms with Gasteiger partial charge in [0, 0.05) is 35.9 Å². The fourth-order valence-electron chi connectivity index (χ4n) is 4.74. The van der Waals surface area contributed by atoms with Crippen LogP contribution in [0.5, 0.6) is 0 Å². The molecule has 1 amide bonds. The largest absolute Gasteiger partial charge is 0.416 e. The van der Waals surface area contributed by atoms with Crippen molar-refractivity contribution in [1.82, 2.24) is 15.6 Å². The van der Waals surface area contributed by atoms with Crippen molar-refractivity contribution >= 4 is 22.6 Å². The van der Waals surface area contributed by atoms with Crippen molar-refractivity contribution in [2.45, 2.75) is 50.5 Å². The van der Waals surface area contributed by atoms with Crippen LogP contribution in [0.2, 0.25) is 0 Å². The van der Waals surface area contributed by atoms with E-state index in [1.54, 1.807) is 6.20 Å². The zero-order valence-corrected chi connectivity index (χ0v) is 20.3. The van der Waals surface area contributed by atoms with E-state index in [4.69, 9.17) is 0 Å². The number of Topliss-reactive ketones (excluding diaryl/α,β-unsaturated/α-hetero) is 1. The molecule has 1 fully saturated rings. The van der Waals surface area contributed by atoms with Crippen molar-refractivity contribution < 1.29 is 35.9 Å². The molecule has 1 unspecified atom stereocenters. The fourth-order valence-corrected chi connectivity index (χ4v) is 4.74. The van der Waals surface area contributed by atoms with Gasteiger partial charge in [0.1, 0.15) is 0 Å². The first-order valence-electron chi connectivity index (χ1n) is 12.3. The maximum atomic E-state index is 13.3. The summed E-state index contributed by atoms with van der Waals surface area (Å²) >= 11 is 0. The molecule has 0 aliphatic carbocycles. The lowest BCUT2D eigenvalue weighted by molar-refractivity contribution is -0.143. The van der Waals surface area contributed by atoms with Gasteiger partial charge in [-0.25, -0.2) is 0 Å². The Hall–Kier alpha value is -3.34. The lowest BCUT2D eigenvalue weighted by Gasteiger charge is -2.25. The van der Waals surface area contributed by atoms with Crippen LogP contribution in [0.15, 0.2) is 48.7 Å². The molecular formula is C27H27F6N3O2. The molecule has 0 saturated carbocycles. The summed E-state index contributed by atoms with van der Waals surface area (Å²) in [5.74, 6) is -1.04. The number of hydrogen-bond acceptors (Lipinski definition) is 3. The van der Waals surface area contributed by atoms with Gasteiger partial charge in [0.2, 0.25) is 5.91 Å². The molecule has 3 aromatic rings. The summed E-state index contributed by atoms with van der Waals surface area (Å²) in [5, 5.41) is 6.82. The minimum atomic E-state index is -4.97. The Kier molecular flexibility index (Phi) is 8.15. The molecule has 1 aliphatic rings. The lowest BCUT2D eigenvalue weighted by Crippen LogP contribution is -2.47. The Labute approximate surface area is 215 Å². The first kappa shape index (κ1) is 27.7. The van der Waals surface area contributed by atoms with Gasteiger partial charge < -0.3 is 15.6 Å². The third kappa shape index (κ3) is 6.75. The van der Waals surface area contributed by atoms with E-state index in [0.717, 1.165) is 16.5 Å². The van der Waals surface area contributed by atoms with Crippen LogP contribution in [-0.4, -0.2) is 35.8 Å². The summed E-state index contributed by atoms with van der Waals surface area (Å²) in [4.78, 5) is 29.3. The average molecular weight is 540 g/mol. The van der Waals surface area contributed by atoms with E-state index in [2.05, 4.69) is 15.6 Å². The van der Waals surface area contributed by atoms with Gasteiger partial charge in [0.25, 0.3) is 0 Å². The van der Waals surface area contributed by atoms with E-state index in [1.165, 1.54) is 0 Å². The van der Waals surface area contributed by atoms with Crippen LogP contribution < -0.4 is 10.6 Å². The van der Waals surface area contributed by atoms with Gasteiger partial charge in [-0.15, -0.1) is 0 Å². The van der Waals surface area contributed by atoms with Crippen molar-refractivity contribution in [1.29, 1.82) is 0 Å². The van der Waals surface area contributed by atoms with Gasteiger partial charge in [-0.05, 0) is 67.7 Å². The topological polar surface area (TPSA) is 74.0 Å². The number of para-hydroxylation sites is 1. The Morgan fingerprint density at radius 3 is 2.21 bits per heavy atom. The van der Waals surface area contributed by atoms with Gasteiger partial charge in [-0.1, -0.05) is 18.2 Å². The first-order chi connectivity index (χ1) is 17.9. The van der Waals surface area contributed by atoms with Crippen LogP contribution in [0.25, 0.3) is 10.9 Å². The maximum Gasteiger partial charge on any atom is 0.416 e. The lowest BCUT2D eigenvalue weighted by atomic mass is 9.93. The fraction of sp³-hybridized carbons (Fsp3) is 0.407. The molecule has 204 valence electrons. The number of amides is 1. The molecule has 1 aliphatic heterocycles. The Morgan fingerprint density at radius 1 is 0.947 bits per heavy atom. The number of aryl methyl sites for hydroxylation is 1. The molecule has 1 atom stereocenters. The molecule has 4 rings (SSSR count). The molecular weight excluding hydrogens is 512 g/mol. The van der Waals surface area contributed by atoms with Gasteiger partial charge in [0.05, 0.1) is 17.2 Å². The normalized spacial score (nSPS) is 15.9. The monoisotopic (exact) mass is 539 g/mol. The van der Waals surface area contributed by atoms with E-state index in [9.17, 15) is 35.9 Å². The predicted molar refractivity (Wildman–Crippen MR) is 129 cm³/mol. The zero-order chi connectivity index (χ0) is 27.5. The number of carbonyl (C=O) groups is 2. The average Bonchev–Trinajstić information content (AvgIpc) is 3.29. The van der Waals surface area contributed by atoms with Crippen molar-refractivity contribution in [3.8, 4) is 0 Å². The van der Waals surface area contributed by atoms with Crippen LogP contribution in [0.1, 0.15) is 41.5 Å². The number of nitrogens with one attached hydrogen (secondary N) is 3. The highest BCUT2D eigenvalue weighted by atomic mass is 19.4. The number of benzene rings is 2. The number of halogens is 6. The predicted octanol–water partition coefficient (Wildman–Crippen LogP) is 5.43. The minimum absolute atomic E-state index is 0.0599. The SMILES string of the molecule is O=C(NC(Cc1c[nH]c2ccccc12)C(=O)CCc1cc(C(F)(F)F)cc(C(F)(F)F)c1)C1CCNCC1.